The van der Waals surface area contributed by atoms with Crippen LogP contribution >= 0.6 is 0 Å². The van der Waals surface area contributed by atoms with Gasteiger partial charge in [0.1, 0.15) is 12.4 Å². The maximum atomic E-state index is 5.74. The van der Waals surface area contributed by atoms with E-state index in [1.54, 1.807) is 7.11 Å². The molecule has 4 heteroatoms. The number of hydrogen-bond acceptors (Lipinski definition) is 4. The smallest absolute Gasteiger partial charge is 0.213 e. The SMILES string of the molecule is CCNCc1ccc(OCc2cccc(OC)c2)nc1C. The Labute approximate surface area is 126 Å². The summed E-state index contributed by atoms with van der Waals surface area (Å²) in [7, 11) is 1.66. The van der Waals surface area contributed by atoms with Crippen LogP contribution in [0.25, 0.3) is 0 Å². The minimum Gasteiger partial charge on any atom is -0.497 e. The van der Waals surface area contributed by atoms with E-state index in [9.17, 15) is 0 Å². The predicted octanol–water partition coefficient (Wildman–Crippen LogP) is 3.09. The van der Waals surface area contributed by atoms with Gasteiger partial charge in [-0.05, 0) is 36.7 Å². The molecule has 0 radical (unpaired) electrons. The number of ether oxygens (including phenoxy) is 2. The van der Waals surface area contributed by atoms with Crippen molar-refractivity contribution in [3.8, 4) is 11.6 Å². The summed E-state index contributed by atoms with van der Waals surface area (Å²) in [6, 6.07) is 11.8. The maximum absolute atomic E-state index is 5.74. The Bertz CT molecular complexity index is 585. The van der Waals surface area contributed by atoms with Crippen molar-refractivity contribution < 1.29 is 9.47 Å². The molecule has 0 saturated heterocycles. The van der Waals surface area contributed by atoms with E-state index in [0.717, 1.165) is 30.1 Å². The average molecular weight is 286 g/mol. The molecule has 0 amide bonds. The topological polar surface area (TPSA) is 43.4 Å². The highest BCUT2D eigenvalue weighted by Crippen LogP contribution is 2.16. The number of aromatic nitrogens is 1. The van der Waals surface area contributed by atoms with E-state index in [1.165, 1.54) is 5.56 Å². The Morgan fingerprint density at radius 2 is 2.05 bits per heavy atom. The van der Waals surface area contributed by atoms with Gasteiger partial charge in [0, 0.05) is 18.3 Å². The summed E-state index contributed by atoms with van der Waals surface area (Å²) < 4.78 is 10.9. The number of pyridine rings is 1. The van der Waals surface area contributed by atoms with Crippen molar-refractivity contribution in [3.05, 3.63) is 53.2 Å². The van der Waals surface area contributed by atoms with Gasteiger partial charge in [-0.25, -0.2) is 4.98 Å². The standard InChI is InChI=1S/C17H22N2O2/c1-4-18-11-15-8-9-17(19-13(15)2)21-12-14-6-5-7-16(10-14)20-3/h5-10,18H,4,11-12H2,1-3H3. The molecule has 0 fully saturated rings. The molecule has 21 heavy (non-hydrogen) atoms. The lowest BCUT2D eigenvalue weighted by atomic mass is 10.2. The fourth-order valence-electron chi connectivity index (χ4n) is 2.01. The van der Waals surface area contributed by atoms with Crippen molar-refractivity contribution in [2.75, 3.05) is 13.7 Å². The summed E-state index contributed by atoms with van der Waals surface area (Å²) in [6.07, 6.45) is 0. The van der Waals surface area contributed by atoms with Crippen LogP contribution in [0.5, 0.6) is 11.6 Å². The summed E-state index contributed by atoms with van der Waals surface area (Å²) in [5, 5.41) is 3.30. The Kier molecular flexibility index (Phi) is 5.58. The molecule has 1 aromatic heterocycles. The van der Waals surface area contributed by atoms with Crippen molar-refractivity contribution in [3.63, 3.8) is 0 Å². The average Bonchev–Trinajstić information content (AvgIpc) is 2.52. The number of methoxy groups -OCH3 is 1. The lowest BCUT2D eigenvalue weighted by Gasteiger charge is -2.10. The van der Waals surface area contributed by atoms with Gasteiger partial charge in [-0.1, -0.05) is 25.1 Å². The molecule has 0 unspecified atom stereocenters. The van der Waals surface area contributed by atoms with Gasteiger partial charge in [0.15, 0.2) is 0 Å². The first-order valence-electron chi connectivity index (χ1n) is 7.16. The van der Waals surface area contributed by atoms with Gasteiger partial charge in [-0.2, -0.15) is 0 Å². The molecule has 2 aromatic rings. The molecule has 4 nitrogen and oxygen atoms in total. The molecule has 0 spiro atoms. The second-order valence-corrected chi connectivity index (χ2v) is 4.81. The van der Waals surface area contributed by atoms with E-state index >= 15 is 0 Å². The van der Waals surface area contributed by atoms with Gasteiger partial charge in [0.2, 0.25) is 5.88 Å². The normalized spacial score (nSPS) is 10.4. The van der Waals surface area contributed by atoms with E-state index in [2.05, 4.69) is 23.3 Å². The van der Waals surface area contributed by atoms with Crippen molar-refractivity contribution in [2.24, 2.45) is 0 Å². The third-order valence-electron chi connectivity index (χ3n) is 3.26. The number of rotatable bonds is 7. The van der Waals surface area contributed by atoms with Gasteiger partial charge in [-0.3, -0.25) is 0 Å². The molecule has 0 aliphatic heterocycles. The number of aryl methyl sites for hydroxylation is 1. The monoisotopic (exact) mass is 286 g/mol. The second-order valence-electron chi connectivity index (χ2n) is 4.81. The van der Waals surface area contributed by atoms with Crippen molar-refractivity contribution >= 4 is 0 Å². The number of nitrogens with one attached hydrogen (secondary N) is 1. The zero-order valence-electron chi connectivity index (χ0n) is 12.8. The molecule has 0 atom stereocenters. The van der Waals surface area contributed by atoms with E-state index in [4.69, 9.17) is 9.47 Å². The van der Waals surface area contributed by atoms with Gasteiger partial charge in [-0.15, -0.1) is 0 Å². The van der Waals surface area contributed by atoms with Crippen LogP contribution in [0.2, 0.25) is 0 Å². The maximum Gasteiger partial charge on any atom is 0.213 e. The van der Waals surface area contributed by atoms with Crippen LogP contribution in [0.3, 0.4) is 0 Å². The van der Waals surface area contributed by atoms with E-state index in [1.807, 2.05) is 37.3 Å². The molecule has 1 aromatic carbocycles. The third kappa shape index (κ3) is 4.46. The summed E-state index contributed by atoms with van der Waals surface area (Å²) in [6.45, 7) is 6.37. The van der Waals surface area contributed by atoms with Gasteiger partial charge >= 0.3 is 0 Å². The Balaban J connectivity index is 1.98. The lowest BCUT2D eigenvalue weighted by molar-refractivity contribution is 0.292. The number of nitrogens with zero attached hydrogens (tertiary/aromatic N) is 1. The summed E-state index contributed by atoms with van der Waals surface area (Å²) in [4.78, 5) is 4.49. The lowest BCUT2D eigenvalue weighted by Crippen LogP contribution is -2.13. The molecule has 2 rings (SSSR count). The largest absolute Gasteiger partial charge is 0.497 e. The quantitative estimate of drug-likeness (QED) is 0.849. The highest BCUT2D eigenvalue weighted by molar-refractivity contribution is 5.29. The zero-order valence-corrected chi connectivity index (χ0v) is 12.8. The Hall–Kier alpha value is -2.07. The predicted molar refractivity (Wildman–Crippen MR) is 83.7 cm³/mol. The van der Waals surface area contributed by atoms with E-state index in [-0.39, 0.29) is 0 Å². The van der Waals surface area contributed by atoms with E-state index < -0.39 is 0 Å². The first-order valence-corrected chi connectivity index (χ1v) is 7.16. The van der Waals surface area contributed by atoms with Crippen LogP contribution in [0, 0.1) is 6.92 Å². The second kappa shape index (κ2) is 7.64. The fraction of sp³-hybridized carbons (Fsp3) is 0.353. The number of benzene rings is 1. The first kappa shape index (κ1) is 15.3. The van der Waals surface area contributed by atoms with Gasteiger partial charge in [0.25, 0.3) is 0 Å². The van der Waals surface area contributed by atoms with Gasteiger partial charge in [0.05, 0.1) is 7.11 Å². The molecular formula is C17H22N2O2. The van der Waals surface area contributed by atoms with Crippen LogP contribution in [0.1, 0.15) is 23.7 Å². The third-order valence-corrected chi connectivity index (χ3v) is 3.26. The molecule has 0 aliphatic rings. The summed E-state index contributed by atoms with van der Waals surface area (Å²) in [5.41, 5.74) is 3.26. The van der Waals surface area contributed by atoms with Crippen LogP contribution in [-0.4, -0.2) is 18.6 Å². The zero-order chi connectivity index (χ0) is 15.1. The molecule has 0 bridgehead atoms. The Morgan fingerprint density at radius 1 is 1.19 bits per heavy atom. The molecule has 1 heterocycles. The molecular weight excluding hydrogens is 264 g/mol. The highest BCUT2D eigenvalue weighted by Gasteiger charge is 2.03. The highest BCUT2D eigenvalue weighted by atomic mass is 16.5. The molecule has 0 saturated carbocycles. The van der Waals surface area contributed by atoms with Crippen LogP contribution < -0.4 is 14.8 Å². The van der Waals surface area contributed by atoms with Crippen LogP contribution in [0.15, 0.2) is 36.4 Å². The minimum atomic E-state index is 0.482. The fourth-order valence-corrected chi connectivity index (χ4v) is 2.01. The molecule has 112 valence electrons. The van der Waals surface area contributed by atoms with Crippen molar-refractivity contribution in [2.45, 2.75) is 27.0 Å². The molecule has 0 aliphatic carbocycles. The number of hydrogen-bond donors (Lipinski definition) is 1. The first-order chi connectivity index (χ1) is 10.2. The van der Waals surface area contributed by atoms with Crippen LogP contribution in [-0.2, 0) is 13.2 Å². The summed E-state index contributed by atoms with van der Waals surface area (Å²) in [5.74, 6) is 1.48. The molecule has 1 N–H and O–H groups in total. The summed E-state index contributed by atoms with van der Waals surface area (Å²) >= 11 is 0. The van der Waals surface area contributed by atoms with Crippen molar-refractivity contribution in [1.82, 2.24) is 10.3 Å². The Morgan fingerprint density at radius 3 is 2.76 bits per heavy atom. The van der Waals surface area contributed by atoms with Crippen molar-refractivity contribution in [1.29, 1.82) is 0 Å². The van der Waals surface area contributed by atoms with E-state index in [0.29, 0.717) is 12.5 Å². The van der Waals surface area contributed by atoms with Crippen LogP contribution in [0.4, 0.5) is 0 Å². The van der Waals surface area contributed by atoms with Gasteiger partial charge < -0.3 is 14.8 Å². The minimum absolute atomic E-state index is 0.482.